The zero-order valence-corrected chi connectivity index (χ0v) is 11.9. The van der Waals surface area contributed by atoms with E-state index < -0.39 is 5.79 Å². The maximum atomic E-state index is 12.0. The lowest BCUT2D eigenvalue weighted by Crippen LogP contribution is -2.45. The highest BCUT2D eigenvalue weighted by Crippen LogP contribution is 2.35. The minimum Gasteiger partial charge on any atom is -0.352 e. The van der Waals surface area contributed by atoms with Crippen molar-refractivity contribution in [3.63, 3.8) is 0 Å². The maximum Gasteiger partial charge on any atom is 0.250 e. The molecule has 1 N–H and O–H groups in total. The molecule has 1 saturated heterocycles. The number of nitrogens with zero attached hydrogens (tertiary/aromatic N) is 1. The molecule has 0 atom stereocenters. The summed E-state index contributed by atoms with van der Waals surface area (Å²) in [5.41, 5.74) is -0.164. The topological polar surface area (TPSA) is 69.6 Å². The van der Waals surface area contributed by atoms with Crippen molar-refractivity contribution in [3.8, 4) is 0 Å². The van der Waals surface area contributed by atoms with Gasteiger partial charge in [0.15, 0.2) is 5.79 Å². The third-order valence-corrected chi connectivity index (χ3v) is 4.14. The molecule has 6 nitrogen and oxygen atoms in total. The first kappa shape index (κ1) is 14.3. The van der Waals surface area contributed by atoms with Gasteiger partial charge in [0, 0.05) is 31.1 Å². The molecule has 2 fully saturated rings. The van der Waals surface area contributed by atoms with Crippen LogP contribution in [0.2, 0.25) is 0 Å². The van der Waals surface area contributed by atoms with E-state index in [0.29, 0.717) is 13.2 Å². The molecule has 1 aliphatic carbocycles. The van der Waals surface area contributed by atoms with Crippen molar-refractivity contribution in [1.82, 2.24) is 9.88 Å². The number of aromatic nitrogens is 1. The molecule has 6 heteroatoms. The average Bonchev–Trinajstić information content (AvgIpc) is 2.93. The van der Waals surface area contributed by atoms with Crippen molar-refractivity contribution in [1.29, 1.82) is 0 Å². The predicted octanol–water partition coefficient (Wildman–Crippen LogP) is 0.650. The largest absolute Gasteiger partial charge is 0.352 e. The summed E-state index contributed by atoms with van der Waals surface area (Å²) in [6.07, 6.45) is 4.93. The van der Waals surface area contributed by atoms with Gasteiger partial charge in [0.2, 0.25) is 5.91 Å². The van der Waals surface area contributed by atoms with E-state index in [9.17, 15) is 9.59 Å². The first-order valence-corrected chi connectivity index (χ1v) is 7.40. The highest BCUT2D eigenvalue weighted by Gasteiger charge is 2.40. The molecule has 1 aromatic heterocycles. The average molecular weight is 292 g/mol. The van der Waals surface area contributed by atoms with Crippen molar-refractivity contribution in [2.45, 2.75) is 44.1 Å². The van der Waals surface area contributed by atoms with Gasteiger partial charge >= 0.3 is 0 Å². The quantitative estimate of drug-likeness (QED) is 0.888. The lowest BCUT2D eigenvalue weighted by Gasteiger charge is -2.35. The normalized spacial score (nSPS) is 21.5. The zero-order valence-electron chi connectivity index (χ0n) is 11.9. The van der Waals surface area contributed by atoms with Gasteiger partial charge in [0.1, 0.15) is 6.54 Å². The minimum absolute atomic E-state index is 0.0638. The Morgan fingerprint density at radius 3 is 2.67 bits per heavy atom. The fourth-order valence-corrected chi connectivity index (χ4v) is 3.01. The number of nitrogens with one attached hydrogen (secondary N) is 1. The molecule has 114 valence electrons. The molecule has 1 aromatic rings. The number of carbonyl (C=O) groups excluding carboxylic acids is 1. The van der Waals surface area contributed by atoms with Crippen LogP contribution in [0, 0.1) is 0 Å². The maximum absolute atomic E-state index is 12.0. The second kappa shape index (κ2) is 5.99. The molecule has 21 heavy (non-hydrogen) atoms. The van der Waals surface area contributed by atoms with Crippen LogP contribution in [0.1, 0.15) is 25.7 Å². The summed E-state index contributed by atoms with van der Waals surface area (Å²) < 4.78 is 12.7. The van der Waals surface area contributed by atoms with E-state index in [1.54, 1.807) is 18.3 Å². The van der Waals surface area contributed by atoms with Crippen LogP contribution in [0.3, 0.4) is 0 Å². The predicted molar refractivity (Wildman–Crippen MR) is 75.7 cm³/mol. The molecule has 1 spiro atoms. The molecule has 2 aliphatic rings. The number of amides is 1. The van der Waals surface area contributed by atoms with Crippen molar-refractivity contribution >= 4 is 5.91 Å². The third-order valence-electron chi connectivity index (χ3n) is 4.14. The number of carbonyl (C=O) groups is 1. The number of rotatable bonds is 3. The second-order valence-corrected chi connectivity index (χ2v) is 5.62. The Balaban J connectivity index is 1.50. The molecule has 0 unspecified atom stereocenters. The summed E-state index contributed by atoms with van der Waals surface area (Å²) in [7, 11) is 0. The van der Waals surface area contributed by atoms with Crippen LogP contribution >= 0.6 is 0 Å². The lowest BCUT2D eigenvalue weighted by molar-refractivity contribution is -0.180. The van der Waals surface area contributed by atoms with Gasteiger partial charge < -0.3 is 19.4 Å². The van der Waals surface area contributed by atoms with Gasteiger partial charge in [-0.05, 0) is 18.9 Å². The standard InChI is InChI=1S/C15H20N2O4/c18-13(11-17-8-2-1-3-14(17)19)16-12-4-6-15(7-5-12)20-9-10-21-15/h1-3,8,12H,4-7,9-11H2,(H,16,18). The van der Waals surface area contributed by atoms with E-state index in [1.165, 1.54) is 10.6 Å². The molecule has 2 heterocycles. The molecular weight excluding hydrogens is 272 g/mol. The summed E-state index contributed by atoms with van der Waals surface area (Å²) >= 11 is 0. The molecule has 3 rings (SSSR count). The Morgan fingerprint density at radius 2 is 2.00 bits per heavy atom. The molecule has 1 aliphatic heterocycles. The smallest absolute Gasteiger partial charge is 0.250 e. The Morgan fingerprint density at radius 1 is 1.29 bits per heavy atom. The number of hydrogen-bond donors (Lipinski definition) is 1. The first-order valence-electron chi connectivity index (χ1n) is 7.40. The highest BCUT2D eigenvalue weighted by molar-refractivity contribution is 5.76. The number of ether oxygens (including phenoxy) is 2. The number of pyridine rings is 1. The van der Waals surface area contributed by atoms with Gasteiger partial charge in [-0.15, -0.1) is 0 Å². The van der Waals surface area contributed by atoms with Crippen LogP contribution in [-0.4, -0.2) is 35.5 Å². The van der Waals surface area contributed by atoms with Gasteiger partial charge in [-0.2, -0.15) is 0 Å². The Bertz CT molecular complexity index is 553. The highest BCUT2D eigenvalue weighted by atomic mass is 16.7. The summed E-state index contributed by atoms with van der Waals surface area (Å²) in [6.45, 7) is 1.39. The minimum atomic E-state index is -0.405. The van der Waals surface area contributed by atoms with Crippen molar-refractivity contribution in [3.05, 3.63) is 34.7 Å². The molecule has 1 saturated carbocycles. The second-order valence-electron chi connectivity index (χ2n) is 5.62. The summed E-state index contributed by atoms with van der Waals surface area (Å²) in [5, 5.41) is 2.99. The summed E-state index contributed by atoms with van der Waals surface area (Å²) in [5.74, 6) is -0.532. The van der Waals surface area contributed by atoms with Crippen molar-refractivity contribution in [2.75, 3.05) is 13.2 Å². The van der Waals surface area contributed by atoms with Crippen molar-refractivity contribution < 1.29 is 14.3 Å². The number of hydrogen-bond acceptors (Lipinski definition) is 4. The Kier molecular flexibility index (Phi) is 4.07. The van der Waals surface area contributed by atoms with Crippen LogP contribution in [0.25, 0.3) is 0 Å². The van der Waals surface area contributed by atoms with Crippen LogP contribution < -0.4 is 10.9 Å². The third kappa shape index (κ3) is 3.33. The van der Waals surface area contributed by atoms with E-state index in [2.05, 4.69) is 5.32 Å². The zero-order chi connectivity index (χ0) is 14.7. The lowest BCUT2D eigenvalue weighted by atomic mass is 9.90. The van der Waals surface area contributed by atoms with Gasteiger partial charge in [-0.25, -0.2) is 0 Å². The van der Waals surface area contributed by atoms with E-state index in [0.717, 1.165) is 25.7 Å². The monoisotopic (exact) mass is 292 g/mol. The van der Waals surface area contributed by atoms with Crippen molar-refractivity contribution in [2.24, 2.45) is 0 Å². The van der Waals surface area contributed by atoms with Crippen LogP contribution in [-0.2, 0) is 20.8 Å². The fourth-order valence-electron chi connectivity index (χ4n) is 3.01. The first-order chi connectivity index (χ1) is 10.2. The molecule has 0 aromatic carbocycles. The molecule has 0 radical (unpaired) electrons. The van der Waals surface area contributed by atoms with Crippen LogP contribution in [0.5, 0.6) is 0 Å². The van der Waals surface area contributed by atoms with E-state index >= 15 is 0 Å². The Labute approximate surface area is 123 Å². The molecule has 0 bridgehead atoms. The molecule has 1 amide bonds. The van der Waals surface area contributed by atoms with Gasteiger partial charge in [0.25, 0.3) is 5.56 Å². The van der Waals surface area contributed by atoms with E-state index in [4.69, 9.17) is 9.47 Å². The van der Waals surface area contributed by atoms with E-state index in [-0.39, 0.29) is 24.1 Å². The molecular formula is C15H20N2O4. The van der Waals surface area contributed by atoms with Crippen LogP contribution in [0.4, 0.5) is 0 Å². The Hall–Kier alpha value is -1.66. The summed E-state index contributed by atoms with van der Waals surface area (Å²) in [6, 6.07) is 4.99. The summed E-state index contributed by atoms with van der Waals surface area (Å²) in [4.78, 5) is 23.6. The van der Waals surface area contributed by atoms with Crippen LogP contribution in [0.15, 0.2) is 29.2 Å². The fraction of sp³-hybridized carbons (Fsp3) is 0.600. The van der Waals surface area contributed by atoms with E-state index in [1.807, 2.05) is 0 Å². The van der Waals surface area contributed by atoms with Gasteiger partial charge in [-0.3, -0.25) is 9.59 Å². The van der Waals surface area contributed by atoms with Gasteiger partial charge in [0.05, 0.1) is 13.2 Å². The van der Waals surface area contributed by atoms with Gasteiger partial charge in [-0.1, -0.05) is 6.07 Å². The SMILES string of the molecule is O=C(Cn1ccccc1=O)NC1CCC2(CC1)OCCO2.